The number of benzene rings is 2. The smallest absolute Gasteiger partial charge is 0.181 e. The maximum absolute atomic E-state index is 13.8. The van der Waals surface area contributed by atoms with Gasteiger partial charge in [-0.2, -0.15) is 0 Å². The van der Waals surface area contributed by atoms with E-state index in [1.54, 1.807) is 0 Å². The van der Waals surface area contributed by atoms with Crippen LogP contribution in [-0.4, -0.2) is 20.7 Å². The van der Waals surface area contributed by atoms with Gasteiger partial charge in [0.15, 0.2) is 17.4 Å². The molecule has 7 heteroatoms. The van der Waals surface area contributed by atoms with E-state index in [-0.39, 0.29) is 11.2 Å². The van der Waals surface area contributed by atoms with Gasteiger partial charge in [0, 0.05) is 29.3 Å². The van der Waals surface area contributed by atoms with Gasteiger partial charge in [-0.25, -0.2) is 0 Å². The van der Waals surface area contributed by atoms with Crippen LogP contribution in [0.1, 0.15) is 47.8 Å². The Balaban J connectivity index is 1.65. The lowest BCUT2D eigenvalue weighted by molar-refractivity contribution is 0.0911. The molecule has 37 heavy (non-hydrogen) atoms. The first-order valence-electron chi connectivity index (χ1n) is 12.4. The van der Waals surface area contributed by atoms with E-state index < -0.39 is 0 Å². The standard InChI is InChI=1S/C30H28N4O3/c1-18-15-24(32-36-18)34-22-16-30(3,4)17-23(35)25(22)28(29(34)21-13-9-6-10-14-21)31-26-19(2)37-33-27(26)20-11-7-5-8-12-20/h5-15,31H,16-17H2,1-4H3. The lowest BCUT2D eigenvalue weighted by Crippen LogP contribution is -2.28. The van der Waals surface area contributed by atoms with Crippen molar-refractivity contribution in [3.8, 4) is 28.3 Å². The quantitative estimate of drug-likeness (QED) is 0.277. The fourth-order valence-electron chi connectivity index (χ4n) is 5.27. The number of aromatic nitrogens is 3. The minimum atomic E-state index is -0.188. The highest BCUT2D eigenvalue weighted by molar-refractivity contribution is 6.08. The van der Waals surface area contributed by atoms with Crippen molar-refractivity contribution in [3.63, 3.8) is 0 Å². The average Bonchev–Trinajstić information content (AvgIpc) is 3.55. The number of nitrogens with one attached hydrogen (secondary N) is 1. The lowest BCUT2D eigenvalue weighted by Gasteiger charge is -2.29. The van der Waals surface area contributed by atoms with Crippen LogP contribution in [0.3, 0.4) is 0 Å². The van der Waals surface area contributed by atoms with Crippen molar-refractivity contribution in [2.75, 3.05) is 5.32 Å². The summed E-state index contributed by atoms with van der Waals surface area (Å²) < 4.78 is 13.2. The van der Waals surface area contributed by atoms with Crippen LogP contribution in [0.15, 0.2) is 75.8 Å². The van der Waals surface area contributed by atoms with Crippen molar-refractivity contribution in [1.29, 1.82) is 0 Å². The summed E-state index contributed by atoms with van der Waals surface area (Å²) in [5.41, 5.74) is 6.31. The molecule has 0 radical (unpaired) electrons. The fraction of sp³-hybridized carbons (Fsp3) is 0.233. The predicted molar refractivity (Wildman–Crippen MR) is 142 cm³/mol. The summed E-state index contributed by atoms with van der Waals surface area (Å²) in [5.74, 6) is 2.09. The Bertz CT molecular complexity index is 1610. The first-order valence-corrected chi connectivity index (χ1v) is 12.4. The Kier molecular flexibility index (Phi) is 5.37. The normalized spacial score (nSPS) is 14.5. The first-order chi connectivity index (χ1) is 17.8. The predicted octanol–water partition coefficient (Wildman–Crippen LogP) is 7.30. The average molecular weight is 493 g/mol. The molecule has 0 fully saturated rings. The Morgan fingerprint density at radius 1 is 0.865 bits per heavy atom. The number of hydrogen-bond acceptors (Lipinski definition) is 6. The second-order valence-electron chi connectivity index (χ2n) is 10.4. The summed E-state index contributed by atoms with van der Waals surface area (Å²) >= 11 is 0. The molecule has 0 saturated heterocycles. The van der Waals surface area contributed by atoms with Crippen LogP contribution in [0.2, 0.25) is 0 Å². The van der Waals surface area contributed by atoms with E-state index in [9.17, 15) is 4.79 Å². The highest BCUT2D eigenvalue weighted by Crippen LogP contribution is 2.47. The van der Waals surface area contributed by atoms with E-state index in [0.717, 1.165) is 40.3 Å². The summed E-state index contributed by atoms with van der Waals surface area (Å²) in [5, 5.41) is 12.3. The molecule has 1 aliphatic rings. The molecular formula is C30H28N4O3. The Morgan fingerprint density at radius 2 is 1.54 bits per heavy atom. The van der Waals surface area contributed by atoms with Crippen LogP contribution in [-0.2, 0) is 6.42 Å². The number of hydrogen-bond donors (Lipinski definition) is 1. The molecular weight excluding hydrogens is 464 g/mol. The number of nitrogens with zero attached hydrogens (tertiary/aromatic N) is 3. The zero-order chi connectivity index (χ0) is 25.7. The summed E-state index contributed by atoms with van der Waals surface area (Å²) in [7, 11) is 0. The highest BCUT2D eigenvalue weighted by Gasteiger charge is 2.39. The zero-order valence-electron chi connectivity index (χ0n) is 21.3. The van der Waals surface area contributed by atoms with Gasteiger partial charge in [0.25, 0.3) is 0 Å². The molecule has 0 aliphatic heterocycles. The van der Waals surface area contributed by atoms with Gasteiger partial charge in [0.05, 0.1) is 16.9 Å². The third-order valence-electron chi connectivity index (χ3n) is 6.88. The summed E-state index contributed by atoms with van der Waals surface area (Å²) in [6.07, 6.45) is 1.18. The number of Topliss-reactive ketones (excluding diaryl/α,β-unsaturated/α-hetero) is 1. The topological polar surface area (TPSA) is 86.1 Å². The number of ketones is 1. The van der Waals surface area contributed by atoms with E-state index in [4.69, 9.17) is 9.05 Å². The molecule has 0 bridgehead atoms. The number of carbonyl (C=O) groups is 1. The molecule has 0 unspecified atom stereocenters. The second-order valence-corrected chi connectivity index (χ2v) is 10.4. The van der Waals surface area contributed by atoms with E-state index >= 15 is 0 Å². The van der Waals surface area contributed by atoms with Crippen molar-refractivity contribution in [2.45, 2.75) is 40.5 Å². The van der Waals surface area contributed by atoms with Crippen molar-refractivity contribution >= 4 is 17.2 Å². The Hall–Kier alpha value is -4.39. The molecule has 3 heterocycles. The van der Waals surface area contributed by atoms with E-state index in [1.807, 2.05) is 80.6 Å². The van der Waals surface area contributed by atoms with Gasteiger partial charge >= 0.3 is 0 Å². The van der Waals surface area contributed by atoms with Crippen LogP contribution < -0.4 is 5.32 Å². The molecule has 6 rings (SSSR count). The van der Waals surface area contributed by atoms with Crippen LogP contribution in [0, 0.1) is 19.3 Å². The van der Waals surface area contributed by atoms with E-state index in [0.29, 0.717) is 35.0 Å². The Labute approximate surface area is 215 Å². The SMILES string of the molecule is Cc1cc(-n2c3c(c(Nc4c(-c5ccccc5)noc4C)c2-c2ccccc2)C(=O)CC(C)(C)C3)no1. The third-order valence-corrected chi connectivity index (χ3v) is 6.88. The summed E-state index contributed by atoms with van der Waals surface area (Å²) in [6.45, 7) is 8.01. The molecule has 0 saturated carbocycles. The van der Waals surface area contributed by atoms with Crippen molar-refractivity contribution < 1.29 is 13.8 Å². The van der Waals surface area contributed by atoms with Gasteiger partial charge in [-0.15, -0.1) is 0 Å². The lowest BCUT2D eigenvalue weighted by atomic mass is 9.76. The maximum Gasteiger partial charge on any atom is 0.181 e. The molecule has 1 aliphatic carbocycles. The minimum Gasteiger partial charge on any atom is -0.360 e. The van der Waals surface area contributed by atoms with Crippen molar-refractivity contribution in [1.82, 2.24) is 14.9 Å². The van der Waals surface area contributed by atoms with Crippen molar-refractivity contribution in [2.24, 2.45) is 5.41 Å². The number of anilines is 2. The third kappa shape index (κ3) is 3.96. The number of aryl methyl sites for hydroxylation is 2. The molecule has 0 spiro atoms. The fourth-order valence-corrected chi connectivity index (χ4v) is 5.27. The second kappa shape index (κ2) is 8.62. The highest BCUT2D eigenvalue weighted by atomic mass is 16.5. The summed E-state index contributed by atoms with van der Waals surface area (Å²) in [4.78, 5) is 13.8. The molecule has 2 aromatic carbocycles. The Morgan fingerprint density at radius 3 is 2.19 bits per heavy atom. The number of rotatable bonds is 5. The molecule has 1 N–H and O–H groups in total. The van der Waals surface area contributed by atoms with Gasteiger partial charge in [0.2, 0.25) is 0 Å². The molecule has 5 aromatic rings. The molecule has 7 nitrogen and oxygen atoms in total. The van der Waals surface area contributed by atoms with Crippen molar-refractivity contribution in [3.05, 3.63) is 89.5 Å². The molecule has 186 valence electrons. The number of carbonyl (C=O) groups excluding carboxylic acids is 1. The van der Waals surface area contributed by atoms with Gasteiger partial charge in [-0.1, -0.05) is 84.8 Å². The largest absolute Gasteiger partial charge is 0.360 e. The van der Waals surface area contributed by atoms with Gasteiger partial charge in [0.1, 0.15) is 17.1 Å². The zero-order valence-corrected chi connectivity index (χ0v) is 21.3. The van der Waals surface area contributed by atoms with E-state index in [1.165, 1.54) is 0 Å². The monoisotopic (exact) mass is 492 g/mol. The summed E-state index contributed by atoms with van der Waals surface area (Å²) in [6, 6.07) is 21.9. The maximum atomic E-state index is 13.8. The van der Waals surface area contributed by atoms with Crippen LogP contribution in [0.25, 0.3) is 28.3 Å². The molecule has 0 atom stereocenters. The van der Waals surface area contributed by atoms with E-state index in [2.05, 4.69) is 34.0 Å². The molecule has 3 aromatic heterocycles. The van der Waals surface area contributed by atoms with Crippen LogP contribution in [0.5, 0.6) is 0 Å². The van der Waals surface area contributed by atoms with Gasteiger partial charge < -0.3 is 14.4 Å². The van der Waals surface area contributed by atoms with Gasteiger partial charge in [-0.3, -0.25) is 9.36 Å². The van der Waals surface area contributed by atoms with Gasteiger partial charge in [-0.05, 0) is 25.7 Å². The van der Waals surface area contributed by atoms with Crippen LogP contribution >= 0.6 is 0 Å². The first kappa shape index (κ1) is 23.0. The number of fused-ring (bicyclic) bond motifs is 1. The van der Waals surface area contributed by atoms with Crippen LogP contribution in [0.4, 0.5) is 11.4 Å². The minimum absolute atomic E-state index is 0.0975. The molecule has 0 amide bonds.